The number of alkyl halides is 3. The fourth-order valence-electron chi connectivity index (χ4n) is 3.86. The summed E-state index contributed by atoms with van der Waals surface area (Å²) in [5, 5.41) is 23.2. The van der Waals surface area contributed by atoms with Gasteiger partial charge in [-0.05, 0) is 44.9 Å². The summed E-state index contributed by atoms with van der Waals surface area (Å²) in [4.78, 5) is 0. The molecule has 11 heteroatoms. The van der Waals surface area contributed by atoms with Crippen LogP contribution in [-0.4, -0.2) is 54.8 Å². The number of hydrogen-bond acceptors (Lipinski definition) is 6. The maximum atomic E-state index is 13.5. The van der Waals surface area contributed by atoms with E-state index in [0.29, 0.717) is 19.0 Å². The van der Waals surface area contributed by atoms with Gasteiger partial charge in [-0.3, -0.25) is 0 Å². The molecule has 1 aliphatic heterocycles. The lowest BCUT2D eigenvalue weighted by atomic mass is 9.92. The largest absolute Gasteiger partial charge is 0.490 e. The molecule has 1 N–H and O–H groups in total. The highest BCUT2D eigenvalue weighted by Crippen LogP contribution is 2.37. The van der Waals surface area contributed by atoms with E-state index in [0.717, 1.165) is 30.7 Å². The van der Waals surface area contributed by atoms with Crippen molar-refractivity contribution in [3.8, 4) is 22.8 Å². The van der Waals surface area contributed by atoms with E-state index in [1.165, 1.54) is 10.7 Å². The smallest absolute Gasteiger partial charge is 0.416 e. The minimum atomic E-state index is -4.54. The molecule has 1 saturated heterocycles. The highest BCUT2D eigenvalue weighted by Gasteiger charge is 2.32. The molecule has 0 saturated carbocycles. The minimum absolute atomic E-state index is 0.0322. The molecule has 0 radical (unpaired) electrons. The number of nitrogens with zero attached hydrogens (tertiary/aromatic N) is 5. The summed E-state index contributed by atoms with van der Waals surface area (Å²) < 4.78 is 55.2. The van der Waals surface area contributed by atoms with Crippen LogP contribution in [0.15, 0.2) is 30.5 Å². The van der Waals surface area contributed by atoms with Crippen LogP contribution in [0.25, 0.3) is 17.1 Å². The maximum Gasteiger partial charge on any atom is 0.416 e. The second-order valence-electron chi connectivity index (χ2n) is 10.8. The Hall–Kier alpha value is -2.92. The third kappa shape index (κ3) is 6.07. The molecule has 3 aromatic rings. The van der Waals surface area contributed by atoms with Gasteiger partial charge in [0.25, 0.3) is 0 Å². The van der Waals surface area contributed by atoms with E-state index >= 15 is 0 Å². The zero-order chi connectivity index (χ0) is 26.3. The van der Waals surface area contributed by atoms with Crippen molar-refractivity contribution in [3.05, 3.63) is 41.7 Å². The first-order chi connectivity index (χ1) is 16.7. The van der Waals surface area contributed by atoms with Gasteiger partial charge in [-0.1, -0.05) is 26.0 Å². The molecule has 3 heterocycles. The first-order valence-corrected chi connectivity index (χ1v) is 11.9. The molecular formula is C25H32F3N5O3. The molecule has 8 nitrogen and oxygen atoms in total. The first-order valence-electron chi connectivity index (χ1n) is 11.9. The Bertz CT molecular complexity index is 1200. The SMILES string of the molecule is CC(C)(O)COc1ccc(C(F)(F)F)cc1-c1cn(-c2cc(C(C)(C)C)nn2C[C@H]2CCCO2)nn1. The molecule has 2 aromatic heterocycles. The van der Waals surface area contributed by atoms with Gasteiger partial charge in [0.2, 0.25) is 0 Å². The Balaban J connectivity index is 1.74. The number of rotatable bonds is 7. The number of benzene rings is 1. The van der Waals surface area contributed by atoms with Crippen molar-refractivity contribution < 1.29 is 27.8 Å². The Morgan fingerprint density at radius 2 is 1.89 bits per heavy atom. The van der Waals surface area contributed by atoms with Crippen molar-refractivity contribution >= 4 is 0 Å². The highest BCUT2D eigenvalue weighted by atomic mass is 19.4. The molecule has 0 amide bonds. The van der Waals surface area contributed by atoms with Gasteiger partial charge < -0.3 is 14.6 Å². The average Bonchev–Trinajstić information content (AvgIpc) is 3.51. The quantitative estimate of drug-likeness (QED) is 0.496. The second-order valence-corrected chi connectivity index (χ2v) is 10.8. The van der Waals surface area contributed by atoms with E-state index in [4.69, 9.17) is 14.6 Å². The van der Waals surface area contributed by atoms with Crippen LogP contribution in [0.3, 0.4) is 0 Å². The fraction of sp³-hybridized carbons (Fsp3) is 0.560. The minimum Gasteiger partial charge on any atom is -0.490 e. The number of aliphatic hydroxyl groups is 1. The van der Waals surface area contributed by atoms with E-state index in [9.17, 15) is 18.3 Å². The maximum absolute atomic E-state index is 13.5. The summed E-state index contributed by atoms with van der Waals surface area (Å²) in [7, 11) is 0. The average molecular weight is 508 g/mol. The summed E-state index contributed by atoms with van der Waals surface area (Å²) in [6.45, 7) is 10.4. The van der Waals surface area contributed by atoms with Gasteiger partial charge in [-0.25, -0.2) is 9.36 Å². The van der Waals surface area contributed by atoms with Crippen LogP contribution < -0.4 is 4.74 Å². The molecule has 0 bridgehead atoms. The van der Waals surface area contributed by atoms with Gasteiger partial charge in [0.05, 0.1) is 35.7 Å². The van der Waals surface area contributed by atoms with E-state index in [1.807, 2.05) is 10.7 Å². The predicted octanol–water partition coefficient (Wildman–Crippen LogP) is 4.78. The van der Waals surface area contributed by atoms with Crippen LogP contribution in [0, 0.1) is 0 Å². The van der Waals surface area contributed by atoms with Crippen LogP contribution in [0.1, 0.15) is 58.7 Å². The van der Waals surface area contributed by atoms with Gasteiger partial charge in [0.15, 0.2) is 5.82 Å². The molecule has 0 aliphatic carbocycles. The third-order valence-electron chi connectivity index (χ3n) is 5.82. The second kappa shape index (κ2) is 9.51. The predicted molar refractivity (Wildman–Crippen MR) is 127 cm³/mol. The molecule has 0 spiro atoms. The fourth-order valence-corrected chi connectivity index (χ4v) is 3.86. The van der Waals surface area contributed by atoms with E-state index in [-0.39, 0.29) is 35.1 Å². The van der Waals surface area contributed by atoms with Crippen molar-refractivity contribution in [1.82, 2.24) is 24.8 Å². The van der Waals surface area contributed by atoms with Crippen LogP contribution in [0.5, 0.6) is 5.75 Å². The molecule has 1 atom stereocenters. The van der Waals surface area contributed by atoms with Crippen molar-refractivity contribution in [2.45, 2.75) is 77.3 Å². The van der Waals surface area contributed by atoms with Gasteiger partial charge in [-0.15, -0.1) is 5.10 Å². The van der Waals surface area contributed by atoms with Crippen molar-refractivity contribution in [2.24, 2.45) is 0 Å². The monoisotopic (exact) mass is 507 g/mol. The molecule has 1 aliphatic rings. The normalized spacial score (nSPS) is 17.1. The Morgan fingerprint density at radius 1 is 1.14 bits per heavy atom. The van der Waals surface area contributed by atoms with Crippen LogP contribution in [0.2, 0.25) is 0 Å². The molecule has 0 unspecified atom stereocenters. The molecule has 1 fully saturated rings. The standard InChI is InChI=1S/C25H32F3N5O3/c1-23(2,3)21-12-22(32(30-21)13-17-7-6-10-35-17)33-14-19(29-31-33)18-11-16(25(26,27)28)8-9-20(18)36-15-24(4,5)34/h8-9,11-12,14,17,34H,6-7,10,13,15H2,1-5H3/t17-/m1/s1. The summed E-state index contributed by atoms with van der Waals surface area (Å²) in [5.41, 5.74) is -1.05. The molecular weight excluding hydrogens is 475 g/mol. The first kappa shape index (κ1) is 26.2. The summed E-state index contributed by atoms with van der Waals surface area (Å²) in [6, 6.07) is 5.08. The number of ether oxygens (including phenoxy) is 2. The van der Waals surface area contributed by atoms with E-state index in [2.05, 4.69) is 31.1 Å². The zero-order valence-electron chi connectivity index (χ0n) is 21.1. The topological polar surface area (TPSA) is 87.2 Å². The van der Waals surface area contributed by atoms with E-state index in [1.54, 1.807) is 20.0 Å². The van der Waals surface area contributed by atoms with Crippen molar-refractivity contribution in [2.75, 3.05) is 13.2 Å². The van der Waals surface area contributed by atoms with E-state index < -0.39 is 17.3 Å². The molecule has 196 valence electrons. The number of aromatic nitrogens is 5. The van der Waals surface area contributed by atoms with Crippen LogP contribution >= 0.6 is 0 Å². The summed E-state index contributed by atoms with van der Waals surface area (Å²) in [6.07, 6.45) is -1.03. The number of hydrogen-bond donors (Lipinski definition) is 1. The summed E-state index contributed by atoms with van der Waals surface area (Å²) in [5.74, 6) is 0.806. The number of halogens is 3. The van der Waals surface area contributed by atoms with Crippen LogP contribution in [0.4, 0.5) is 13.2 Å². The molecule has 4 rings (SSSR count). The van der Waals surface area contributed by atoms with Crippen molar-refractivity contribution in [3.63, 3.8) is 0 Å². The van der Waals surface area contributed by atoms with Gasteiger partial charge in [0.1, 0.15) is 18.1 Å². The van der Waals surface area contributed by atoms with Gasteiger partial charge in [0, 0.05) is 23.7 Å². The summed E-state index contributed by atoms with van der Waals surface area (Å²) >= 11 is 0. The Kier molecular flexibility index (Phi) is 6.91. The lowest BCUT2D eigenvalue weighted by Crippen LogP contribution is -2.28. The Morgan fingerprint density at radius 3 is 2.50 bits per heavy atom. The molecule has 1 aromatic carbocycles. The lowest BCUT2D eigenvalue weighted by Gasteiger charge is -2.19. The van der Waals surface area contributed by atoms with Crippen molar-refractivity contribution in [1.29, 1.82) is 0 Å². The molecule has 36 heavy (non-hydrogen) atoms. The van der Waals surface area contributed by atoms with Gasteiger partial charge >= 0.3 is 6.18 Å². The van der Waals surface area contributed by atoms with Crippen LogP contribution in [-0.2, 0) is 22.9 Å². The zero-order valence-corrected chi connectivity index (χ0v) is 21.1. The lowest BCUT2D eigenvalue weighted by molar-refractivity contribution is -0.137. The highest BCUT2D eigenvalue weighted by molar-refractivity contribution is 5.67. The third-order valence-corrected chi connectivity index (χ3v) is 5.82. The Labute approximate surface area is 208 Å². The van der Waals surface area contributed by atoms with Gasteiger partial charge in [-0.2, -0.15) is 18.3 Å².